The van der Waals surface area contributed by atoms with Gasteiger partial charge in [0.15, 0.2) is 0 Å². The first-order valence-electron chi connectivity index (χ1n) is 12.7. The van der Waals surface area contributed by atoms with Crippen molar-refractivity contribution in [2.75, 3.05) is 43.5 Å². The molecule has 2 N–H and O–H groups in total. The maximum Gasteiger partial charge on any atom is 0.144 e. The topological polar surface area (TPSA) is 86.1 Å². The van der Waals surface area contributed by atoms with Gasteiger partial charge in [-0.25, -0.2) is 9.97 Å². The van der Waals surface area contributed by atoms with Crippen LogP contribution in [0.3, 0.4) is 0 Å². The molecule has 0 aliphatic carbocycles. The Balaban J connectivity index is 1.55. The highest BCUT2D eigenvalue weighted by Gasteiger charge is 2.20. The van der Waals surface area contributed by atoms with Gasteiger partial charge in [-0.15, -0.1) is 0 Å². The second-order valence-electron chi connectivity index (χ2n) is 9.44. The molecular formula is C30H32N6O. The molecular weight excluding hydrogens is 460 g/mol. The maximum atomic E-state index is 9.63. The SMILES string of the molecule is COc1cc2nc(C)nc(N[C@H](C)c3cccc(-c4ccccc4C#N)c3C)c2cc1N1CCNCC1. The molecule has 7 heteroatoms. The molecule has 1 saturated heterocycles. The van der Waals surface area contributed by atoms with Crippen LogP contribution in [-0.2, 0) is 0 Å². The Labute approximate surface area is 218 Å². The monoisotopic (exact) mass is 492 g/mol. The summed E-state index contributed by atoms with van der Waals surface area (Å²) in [5.74, 6) is 2.33. The third-order valence-electron chi connectivity index (χ3n) is 7.10. The number of hydrogen-bond acceptors (Lipinski definition) is 7. The van der Waals surface area contributed by atoms with Gasteiger partial charge in [-0.1, -0.05) is 36.4 Å². The molecule has 3 aromatic carbocycles. The van der Waals surface area contributed by atoms with Crippen molar-refractivity contribution in [3.05, 3.63) is 77.1 Å². The first kappa shape index (κ1) is 24.5. The summed E-state index contributed by atoms with van der Waals surface area (Å²) in [5, 5.41) is 17.7. The predicted octanol–water partition coefficient (Wildman–Crippen LogP) is 5.38. The molecule has 0 saturated carbocycles. The van der Waals surface area contributed by atoms with Crippen molar-refractivity contribution < 1.29 is 4.74 Å². The summed E-state index contributed by atoms with van der Waals surface area (Å²) in [5.41, 5.74) is 6.91. The zero-order valence-electron chi connectivity index (χ0n) is 21.8. The van der Waals surface area contributed by atoms with Crippen LogP contribution in [0, 0.1) is 25.2 Å². The van der Waals surface area contributed by atoms with Crippen LogP contribution in [0.15, 0.2) is 54.6 Å². The van der Waals surface area contributed by atoms with Gasteiger partial charge in [0.05, 0.1) is 36.0 Å². The van der Waals surface area contributed by atoms with E-state index < -0.39 is 0 Å². The summed E-state index contributed by atoms with van der Waals surface area (Å²) in [7, 11) is 1.71. The van der Waals surface area contributed by atoms with E-state index in [0.717, 1.165) is 76.6 Å². The molecule has 188 valence electrons. The first-order valence-corrected chi connectivity index (χ1v) is 12.7. The van der Waals surface area contributed by atoms with E-state index in [1.807, 2.05) is 37.3 Å². The van der Waals surface area contributed by atoms with E-state index >= 15 is 0 Å². The van der Waals surface area contributed by atoms with Crippen LogP contribution >= 0.6 is 0 Å². The molecule has 0 unspecified atom stereocenters. The molecule has 1 aliphatic rings. The number of anilines is 2. The Morgan fingerprint density at radius 2 is 1.78 bits per heavy atom. The zero-order valence-corrected chi connectivity index (χ0v) is 21.8. The molecule has 4 aromatic rings. The molecule has 0 spiro atoms. The van der Waals surface area contributed by atoms with Gasteiger partial charge in [-0.3, -0.25) is 0 Å². The Kier molecular flexibility index (Phi) is 6.93. The summed E-state index contributed by atoms with van der Waals surface area (Å²) >= 11 is 0. The fourth-order valence-electron chi connectivity index (χ4n) is 5.20. The molecule has 0 radical (unpaired) electrons. The van der Waals surface area contributed by atoms with E-state index in [1.165, 1.54) is 0 Å². The minimum Gasteiger partial charge on any atom is -0.495 e. The largest absolute Gasteiger partial charge is 0.495 e. The summed E-state index contributed by atoms with van der Waals surface area (Å²) in [4.78, 5) is 11.9. The van der Waals surface area contributed by atoms with Crippen LogP contribution < -0.4 is 20.3 Å². The number of aromatic nitrogens is 2. The number of fused-ring (bicyclic) bond motifs is 1. The highest BCUT2D eigenvalue weighted by molar-refractivity contribution is 5.94. The van der Waals surface area contributed by atoms with Crippen molar-refractivity contribution in [1.82, 2.24) is 15.3 Å². The van der Waals surface area contributed by atoms with Crippen molar-refractivity contribution in [3.63, 3.8) is 0 Å². The molecule has 0 amide bonds. The van der Waals surface area contributed by atoms with Gasteiger partial charge in [0.2, 0.25) is 0 Å². The Hall–Kier alpha value is -4.15. The molecule has 5 rings (SSSR count). The number of methoxy groups -OCH3 is 1. The number of benzene rings is 3. The lowest BCUT2D eigenvalue weighted by atomic mass is 9.91. The minimum absolute atomic E-state index is 0.0172. The normalized spacial score (nSPS) is 14.3. The number of aryl methyl sites for hydroxylation is 1. The van der Waals surface area contributed by atoms with Gasteiger partial charge in [0.25, 0.3) is 0 Å². The van der Waals surface area contributed by atoms with Gasteiger partial charge in [0.1, 0.15) is 17.4 Å². The van der Waals surface area contributed by atoms with Crippen LogP contribution in [0.1, 0.15) is 35.5 Å². The number of nitrogens with one attached hydrogen (secondary N) is 2. The number of ether oxygens (including phenoxy) is 1. The summed E-state index contributed by atoms with van der Waals surface area (Å²) in [6, 6.07) is 20.5. The van der Waals surface area contributed by atoms with Crippen LogP contribution in [-0.4, -0.2) is 43.3 Å². The van der Waals surface area contributed by atoms with E-state index in [2.05, 4.69) is 59.7 Å². The van der Waals surface area contributed by atoms with Crippen molar-refractivity contribution in [2.45, 2.75) is 26.8 Å². The second-order valence-corrected chi connectivity index (χ2v) is 9.44. The highest BCUT2D eigenvalue weighted by atomic mass is 16.5. The van der Waals surface area contributed by atoms with E-state index in [9.17, 15) is 5.26 Å². The summed E-state index contributed by atoms with van der Waals surface area (Å²) < 4.78 is 5.76. The van der Waals surface area contributed by atoms with Crippen LogP contribution in [0.2, 0.25) is 0 Å². The molecule has 1 aliphatic heterocycles. The molecule has 7 nitrogen and oxygen atoms in total. The summed E-state index contributed by atoms with van der Waals surface area (Å²) in [6.45, 7) is 9.90. The second kappa shape index (κ2) is 10.5. The smallest absolute Gasteiger partial charge is 0.144 e. The number of hydrogen-bond donors (Lipinski definition) is 2. The van der Waals surface area contributed by atoms with Crippen LogP contribution in [0.25, 0.3) is 22.0 Å². The Morgan fingerprint density at radius 3 is 2.54 bits per heavy atom. The van der Waals surface area contributed by atoms with Crippen LogP contribution in [0.4, 0.5) is 11.5 Å². The third kappa shape index (κ3) is 4.81. The fraction of sp³-hybridized carbons (Fsp3) is 0.300. The quantitative estimate of drug-likeness (QED) is 0.374. The van der Waals surface area contributed by atoms with E-state index in [-0.39, 0.29) is 6.04 Å². The Morgan fingerprint density at radius 1 is 1.03 bits per heavy atom. The molecule has 37 heavy (non-hydrogen) atoms. The number of piperazine rings is 1. The Bertz CT molecular complexity index is 1490. The van der Waals surface area contributed by atoms with Crippen molar-refractivity contribution in [2.24, 2.45) is 0 Å². The lowest BCUT2D eigenvalue weighted by Crippen LogP contribution is -2.43. The number of nitriles is 1. The van der Waals surface area contributed by atoms with E-state index in [0.29, 0.717) is 11.4 Å². The lowest BCUT2D eigenvalue weighted by molar-refractivity contribution is 0.413. The maximum absolute atomic E-state index is 9.63. The standard InChI is InChI=1S/C30H32N6O/c1-19-23(10-7-11-24(19)25-9-6-5-8-22(25)18-31)20(2)33-30-26-16-28(36-14-12-32-13-15-36)29(37-4)17-27(26)34-21(3)35-30/h5-11,16-17,20,32H,12-15H2,1-4H3,(H,33,34,35)/t20-/m1/s1. The lowest BCUT2D eigenvalue weighted by Gasteiger charge is -2.31. The van der Waals surface area contributed by atoms with Gasteiger partial charge in [-0.2, -0.15) is 5.26 Å². The first-order chi connectivity index (χ1) is 18.0. The predicted molar refractivity (Wildman–Crippen MR) is 149 cm³/mol. The van der Waals surface area contributed by atoms with Gasteiger partial charge in [-0.05, 0) is 55.2 Å². The fourth-order valence-corrected chi connectivity index (χ4v) is 5.20. The van der Waals surface area contributed by atoms with E-state index in [4.69, 9.17) is 14.7 Å². The molecule has 1 atom stereocenters. The molecule has 1 fully saturated rings. The van der Waals surface area contributed by atoms with Crippen LogP contribution in [0.5, 0.6) is 5.75 Å². The van der Waals surface area contributed by atoms with Gasteiger partial charge < -0.3 is 20.3 Å². The average molecular weight is 493 g/mol. The molecule has 1 aromatic heterocycles. The van der Waals surface area contributed by atoms with Crippen molar-refractivity contribution >= 4 is 22.4 Å². The minimum atomic E-state index is -0.0172. The van der Waals surface area contributed by atoms with Gasteiger partial charge >= 0.3 is 0 Å². The van der Waals surface area contributed by atoms with E-state index in [1.54, 1.807) is 7.11 Å². The van der Waals surface area contributed by atoms with Crippen molar-refractivity contribution in [1.29, 1.82) is 5.26 Å². The number of rotatable bonds is 6. The number of nitrogens with zero attached hydrogens (tertiary/aromatic N) is 4. The molecule has 2 heterocycles. The summed E-state index contributed by atoms with van der Waals surface area (Å²) in [6.07, 6.45) is 0. The molecule has 0 bridgehead atoms. The highest BCUT2D eigenvalue weighted by Crippen LogP contribution is 2.37. The van der Waals surface area contributed by atoms with Crippen molar-refractivity contribution in [3.8, 4) is 22.9 Å². The average Bonchev–Trinajstić information content (AvgIpc) is 2.92. The third-order valence-corrected chi connectivity index (χ3v) is 7.10. The van der Waals surface area contributed by atoms with Gasteiger partial charge in [0, 0.05) is 37.6 Å². The zero-order chi connectivity index (χ0) is 25.9.